The molecule has 2 rings (SSSR count). The van der Waals surface area contributed by atoms with Crippen LogP contribution in [0.25, 0.3) is 0 Å². The van der Waals surface area contributed by atoms with E-state index in [-0.39, 0.29) is 5.02 Å². The molecule has 0 heterocycles. The summed E-state index contributed by atoms with van der Waals surface area (Å²) < 4.78 is 5.06. The van der Waals surface area contributed by atoms with Gasteiger partial charge in [-0.1, -0.05) is 41.4 Å². The summed E-state index contributed by atoms with van der Waals surface area (Å²) in [5.41, 5.74) is 0.829. The zero-order chi connectivity index (χ0) is 17.7. The Bertz CT molecular complexity index is 790. The number of carbonyl (C=O) groups excluding carboxylic acids is 1. The number of carbonyl (C=O) groups is 1. The molecule has 0 bridgehead atoms. The van der Waals surface area contributed by atoms with E-state index in [2.05, 4.69) is 5.32 Å². The second-order valence-corrected chi connectivity index (χ2v) is 5.74. The van der Waals surface area contributed by atoms with Crippen molar-refractivity contribution < 1.29 is 14.6 Å². The number of halogens is 2. The minimum atomic E-state index is -1.43. The third kappa shape index (κ3) is 4.18. The second kappa shape index (κ2) is 8.02. The smallest absolute Gasteiger partial charge is 0.254 e. The molecule has 0 fully saturated rings. The quantitative estimate of drug-likeness (QED) is 0.851. The van der Waals surface area contributed by atoms with E-state index in [0.717, 1.165) is 0 Å². The Labute approximate surface area is 149 Å². The molecule has 0 spiro atoms. The molecule has 0 aliphatic heterocycles. The van der Waals surface area contributed by atoms with Gasteiger partial charge in [0.05, 0.1) is 23.2 Å². The number of methoxy groups -OCH3 is 1. The number of hydrogen-bond acceptors (Lipinski definition) is 4. The van der Waals surface area contributed by atoms with Gasteiger partial charge in [0.2, 0.25) is 0 Å². The summed E-state index contributed by atoms with van der Waals surface area (Å²) in [4.78, 5) is 12.2. The van der Waals surface area contributed by atoms with Crippen LogP contribution in [-0.2, 0) is 4.79 Å². The molecule has 2 aromatic carbocycles. The number of ether oxygens (including phenoxy) is 1. The minimum absolute atomic E-state index is 0.275. The highest BCUT2D eigenvalue weighted by atomic mass is 35.5. The van der Waals surface area contributed by atoms with Gasteiger partial charge in [-0.05, 0) is 35.4 Å². The van der Waals surface area contributed by atoms with Crippen molar-refractivity contribution in [3.8, 4) is 11.8 Å². The largest absolute Gasteiger partial charge is 0.497 e. The van der Waals surface area contributed by atoms with Gasteiger partial charge in [0.15, 0.2) is 6.10 Å². The molecule has 7 heteroatoms. The average Bonchev–Trinajstić information content (AvgIpc) is 2.61. The van der Waals surface area contributed by atoms with Gasteiger partial charge in [-0.2, -0.15) is 5.26 Å². The number of amides is 1. The lowest BCUT2D eigenvalue weighted by Gasteiger charge is -2.16. The van der Waals surface area contributed by atoms with Gasteiger partial charge in [0.25, 0.3) is 5.91 Å². The highest BCUT2D eigenvalue weighted by molar-refractivity contribution is 6.42. The standard InChI is InChI=1S/C17H14Cl2N2O3/c1-24-12-4-2-3-11(7-12)16(22)17(23)21-15(9-20)10-5-6-13(18)14(19)8-10/h2-8,15-16,22H,1H3,(H,21,23). The molecular weight excluding hydrogens is 351 g/mol. The SMILES string of the molecule is COc1cccc(C(O)C(=O)NC(C#N)c2ccc(Cl)c(Cl)c2)c1. The van der Waals surface area contributed by atoms with Crippen molar-refractivity contribution in [3.05, 3.63) is 63.6 Å². The maximum Gasteiger partial charge on any atom is 0.254 e. The van der Waals surface area contributed by atoms with Gasteiger partial charge in [-0.25, -0.2) is 0 Å². The first-order valence-corrected chi connectivity index (χ1v) is 7.68. The number of aliphatic hydroxyl groups excluding tert-OH is 1. The summed E-state index contributed by atoms with van der Waals surface area (Å²) >= 11 is 11.8. The van der Waals surface area contributed by atoms with Crippen LogP contribution in [0.5, 0.6) is 5.75 Å². The molecule has 0 saturated heterocycles. The number of hydrogen-bond donors (Lipinski definition) is 2. The van der Waals surface area contributed by atoms with E-state index in [1.165, 1.54) is 19.2 Å². The lowest BCUT2D eigenvalue weighted by molar-refractivity contribution is -0.130. The first kappa shape index (κ1) is 18.1. The van der Waals surface area contributed by atoms with E-state index >= 15 is 0 Å². The first-order valence-electron chi connectivity index (χ1n) is 6.93. The maximum absolute atomic E-state index is 12.2. The molecule has 2 unspecified atom stereocenters. The summed E-state index contributed by atoms with van der Waals surface area (Å²) in [6, 6.07) is 12.1. The van der Waals surface area contributed by atoms with Crippen LogP contribution in [0.3, 0.4) is 0 Å². The zero-order valence-electron chi connectivity index (χ0n) is 12.7. The van der Waals surface area contributed by atoms with Crippen LogP contribution < -0.4 is 10.1 Å². The van der Waals surface area contributed by atoms with Crippen LogP contribution in [-0.4, -0.2) is 18.1 Å². The molecule has 124 valence electrons. The number of nitrogens with one attached hydrogen (secondary N) is 1. The Morgan fingerprint density at radius 2 is 1.96 bits per heavy atom. The lowest BCUT2D eigenvalue weighted by Crippen LogP contribution is -2.32. The fourth-order valence-electron chi connectivity index (χ4n) is 2.07. The Morgan fingerprint density at radius 3 is 2.58 bits per heavy atom. The van der Waals surface area contributed by atoms with Gasteiger partial charge >= 0.3 is 0 Å². The van der Waals surface area contributed by atoms with Crippen molar-refractivity contribution in [1.29, 1.82) is 5.26 Å². The summed E-state index contributed by atoms with van der Waals surface area (Å²) in [5.74, 6) is -0.193. The van der Waals surface area contributed by atoms with E-state index in [0.29, 0.717) is 21.9 Å². The van der Waals surface area contributed by atoms with Crippen LogP contribution in [0, 0.1) is 11.3 Å². The molecular formula is C17H14Cl2N2O3. The highest BCUT2D eigenvalue weighted by Gasteiger charge is 2.22. The van der Waals surface area contributed by atoms with Crippen LogP contribution >= 0.6 is 23.2 Å². The third-order valence-corrected chi connectivity index (χ3v) is 4.09. The van der Waals surface area contributed by atoms with Gasteiger partial charge < -0.3 is 15.2 Å². The molecule has 0 saturated carbocycles. The normalized spacial score (nSPS) is 12.8. The average molecular weight is 365 g/mol. The van der Waals surface area contributed by atoms with E-state index in [1.807, 2.05) is 6.07 Å². The predicted molar refractivity (Wildman–Crippen MR) is 90.9 cm³/mol. The zero-order valence-corrected chi connectivity index (χ0v) is 14.2. The fourth-order valence-corrected chi connectivity index (χ4v) is 2.37. The number of benzene rings is 2. The van der Waals surface area contributed by atoms with Crippen molar-refractivity contribution in [2.24, 2.45) is 0 Å². The van der Waals surface area contributed by atoms with E-state index in [9.17, 15) is 15.2 Å². The van der Waals surface area contributed by atoms with Crippen LogP contribution in [0.1, 0.15) is 23.3 Å². The van der Waals surface area contributed by atoms with Gasteiger partial charge in [0.1, 0.15) is 11.8 Å². The number of nitriles is 1. The molecule has 5 nitrogen and oxygen atoms in total. The molecule has 0 aliphatic rings. The molecule has 24 heavy (non-hydrogen) atoms. The topological polar surface area (TPSA) is 82.3 Å². The molecule has 1 amide bonds. The summed E-state index contributed by atoms with van der Waals surface area (Å²) in [6.45, 7) is 0. The number of rotatable bonds is 5. The van der Waals surface area contributed by atoms with E-state index < -0.39 is 18.1 Å². The number of nitrogens with zero attached hydrogens (tertiary/aromatic N) is 1. The van der Waals surface area contributed by atoms with Crippen LogP contribution in [0.2, 0.25) is 10.0 Å². The summed E-state index contributed by atoms with van der Waals surface area (Å²) in [7, 11) is 1.49. The molecule has 2 N–H and O–H groups in total. The molecule has 2 aromatic rings. The van der Waals surface area contributed by atoms with Crippen LogP contribution in [0.15, 0.2) is 42.5 Å². The second-order valence-electron chi connectivity index (χ2n) is 4.92. The molecule has 0 radical (unpaired) electrons. The van der Waals surface area contributed by atoms with E-state index in [1.54, 1.807) is 30.3 Å². The maximum atomic E-state index is 12.2. The summed E-state index contributed by atoms with van der Waals surface area (Å²) in [6.07, 6.45) is -1.43. The third-order valence-electron chi connectivity index (χ3n) is 3.35. The van der Waals surface area contributed by atoms with Crippen molar-refractivity contribution in [2.75, 3.05) is 7.11 Å². The highest BCUT2D eigenvalue weighted by Crippen LogP contribution is 2.26. The van der Waals surface area contributed by atoms with Gasteiger partial charge in [-0.15, -0.1) is 0 Å². The van der Waals surface area contributed by atoms with E-state index in [4.69, 9.17) is 27.9 Å². The predicted octanol–water partition coefficient (Wildman–Crippen LogP) is 3.42. The fraction of sp³-hybridized carbons (Fsp3) is 0.176. The minimum Gasteiger partial charge on any atom is -0.497 e. The Morgan fingerprint density at radius 1 is 1.21 bits per heavy atom. The Kier molecular flexibility index (Phi) is 6.04. The number of aliphatic hydroxyl groups is 1. The van der Waals surface area contributed by atoms with Crippen molar-refractivity contribution in [1.82, 2.24) is 5.32 Å². The molecule has 0 aromatic heterocycles. The van der Waals surface area contributed by atoms with Crippen molar-refractivity contribution in [2.45, 2.75) is 12.1 Å². The van der Waals surface area contributed by atoms with Crippen molar-refractivity contribution >= 4 is 29.1 Å². The van der Waals surface area contributed by atoms with Crippen LogP contribution in [0.4, 0.5) is 0 Å². The molecule has 0 aliphatic carbocycles. The monoisotopic (exact) mass is 364 g/mol. The first-order chi connectivity index (χ1) is 11.5. The van der Waals surface area contributed by atoms with Crippen molar-refractivity contribution in [3.63, 3.8) is 0 Å². The molecule has 2 atom stereocenters. The lowest BCUT2D eigenvalue weighted by atomic mass is 10.1. The Balaban J connectivity index is 2.16. The Hall–Kier alpha value is -2.26. The van der Waals surface area contributed by atoms with Gasteiger partial charge in [-0.3, -0.25) is 4.79 Å². The summed E-state index contributed by atoms with van der Waals surface area (Å²) in [5, 5.41) is 22.6. The van der Waals surface area contributed by atoms with Gasteiger partial charge in [0, 0.05) is 0 Å².